The van der Waals surface area contributed by atoms with Crippen molar-refractivity contribution in [3.8, 4) is 5.75 Å². The number of hydrogen-bond acceptors (Lipinski definition) is 6. The van der Waals surface area contributed by atoms with Crippen molar-refractivity contribution in [3.05, 3.63) is 100 Å². The van der Waals surface area contributed by atoms with Gasteiger partial charge in [0.1, 0.15) is 17.7 Å². The van der Waals surface area contributed by atoms with Gasteiger partial charge >= 0.3 is 6.18 Å². The third kappa shape index (κ3) is 7.85. The Balaban J connectivity index is 1.18. The number of aromatic nitrogens is 3. The van der Waals surface area contributed by atoms with Crippen molar-refractivity contribution in [1.29, 1.82) is 0 Å². The predicted molar refractivity (Wildman–Crippen MR) is 159 cm³/mol. The van der Waals surface area contributed by atoms with Gasteiger partial charge in [-0.3, -0.25) is 9.48 Å². The lowest BCUT2D eigenvalue weighted by molar-refractivity contribution is -0.137. The Morgan fingerprint density at radius 2 is 1.93 bits per heavy atom. The van der Waals surface area contributed by atoms with Crippen molar-refractivity contribution in [2.24, 2.45) is 0 Å². The van der Waals surface area contributed by atoms with Crippen LogP contribution in [0.3, 0.4) is 0 Å². The SMILES string of the molecule is CC(Oc1ccnc(Nc2cnn(C3CCN(C)CC3)c2)c1)c1cccc(C(=O)NCc2ccc(Cl)c(C(F)(F)F)c2)c1. The quantitative estimate of drug-likeness (QED) is 0.211. The number of amides is 1. The summed E-state index contributed by atoms with van der Waals surface area (Å²) in [5, 5.41) is 10.1. The van der Waals surface area contributed by atoms with E-state index in [0.717, 1.165) is 43.2 Å². The van der Waals surface area contributed by atoms with Crippen molar-refractivity contribution in [2.45, 2.75) is 44.6 Å². The lowest BCUT2D eigenvalue weighted by atomic mass is 10.1. The highest BCUT2D eigenvalue weighted by molar-refractivity contribution is 6.31. The Bertz CT molecular complexity index is 1570. The summed E-state index contributed by atoms with van der Waals surface area (Å²) in [5.41, 5.74) is 1.30. The molecule has 1 aliphatic heterocycles. The maximum absolute atomic E-state index is 13.2. The van der Waals surface area contributed by atoms with Crippen LogP contribution in [0, 0.1) is 0 Å². The van der Waals surface area contributed by atoms with E-state index in [2.05, 4.69) is 32.7 Å². The fourth-order valence-corrected chi connectivity index (χ4v) is 5.18. The van der Waals surface area contributed by atoms with Crippen LogP contribution in [-0.2, 0) is 12.7 Å². The fraction of sp³-hybridized carbons (Fsp3) is 0.323. The zero-order valence-corrected chi connectivity index (χ0v) is 24.5. The molecule has 0 spiro atoms. The van der Waals surface area contributed by atoms with Crippen molar-refractivity contribution in [1.82, 2.24) is 25.0 Å². The third-order valence-corrected chi connectivity index (χ3v) is 7.72. The molecule has 43 heavy (non-hydrogen) atoms. The molecule has 2 aromatic heterocycles. The number of alkyl halides is 3. The number of nitrogens with one attached hydrogen (secondary N) is 2. The van der Waals surface area contributed by atoms with Crippen LogP contribution in [0.4, 0.5) is 24.7 Å². The number of benzene rings is 2. The Labute approximate surface area is 252 Å². The molecule has 0 radical (unpaired) electrons. The third-order valence-electron chi connectivity index (χ3n) is 7.39. The molecule has 3 heterocycles. The molecule has 1 atom stereocenters. The summed E-state index contributed by atoms with van der Waals surface area (Å²) in [6, 6.07) is 14.4. The number of ether oxygens (including phenoxy) is 1. The van der Waals surface area contributed by atoms with E-state index in [-0.39, 0.29) is 17.1 Å². The average Bonchev–Trinajstić information content (AvgIpc) is 3.45. The number of carbonyl (C=O) groups excluding carboxylic acids is 1. The zero-order chi connectivity index (χ0) is 30.6. The number of halogens is 4. The zero-order valence-electron chi connectivity index (χ0n) is 23.7. The number of hydrogen-bond donors (Lipinski definition) is 2. The van der Waals surface area contributed by atoms with E-state index in [0.29, 0.717) is 23.2 Å². The number of piperidine rings is 1. The van der Waals surface area contributed by atoms with Crippen molar-refractivity contribution in [3.63, 3.8) is 0 Å². The van der Waals surface area contributed by atoms with Gasteiger partial charge in [-0.15, -0.1) is 0 Å². The standard InChI is InChI=1S/C31H32ClF3N6O2/c1-20(22-4-3-5-23(15-22)30(42)37-17-21-6-7-28(32)27(14-21)31(33,34)35)43-26-8-11-36-29(16-26)39-24-18-38-41(19-24)25-9-12-40(2)13-10-25/h3-8,11,14-16,18-20,25H,9-10,12-13,17H2,1-2H3,(H,36,39)(H,37,42). The molecule has 2 N–H and O–H groups in total. The van der Waals surface area contributed by atoms with Crippen molar-refractivity contribution >= 4 is 29.0 Å². The van der Waals surface area contributed by atoms with Gasteiger partial charge in [-0.2, -0.15) is 18.3 Å². The van der Waals surface area contributed by atoms with Crippen LogP contribution in [0.5, 0.6) is 5.75 Å². The van der Waals surface area contributed by atoms with E-state index >= 15 is 0 Å². The predicted octanol–water partition coefficient (Wildman–Crippen LogP) is 7.03. The Hall–Kier alpha value is -4.09. The molecule has 8 nitrogen and oxygen atoms in total. The van der Waals surface area contributed by atoms with Gasteiger partial charge < -0.3 is 20.3 Å². The van der Waals surface area contributed by atoms with Crippen LogP contribution in [-0.4, -0.2) is 45.7 Å². The summed E-state index contributed by atoms with van der Waals surface area (Å²) >= 11 is 5.69. The molecular formula is C31H32ClF3N6O2. The first-order valence-electron chi connectivity index (χ1n) is 13.9. The minimum atomic E-state index is -4.58. The number of nitrogens with zero attached hydrogens (tertiary/aromatic N) is 4. The number of rotatable bonds is 9. The van der Waals surface area contributed by atoms with Gasteiger partial charge in [0.15, 0.2) is 0 Å². The monoisotopic (exact) mass is 612 g/mol. The highest BCUT2D eigenvalue weighted by atomic mass is 35.5. The molecule has 1 saturated heterocycles. The highest BCUT2D eigenvalue weighted by Crippen LogP contribution is 2.35. The fourth-order valence-electron chi connectivity index (χ4n) is 4.95. The van der Waals surface area contributed by atoms with E-state index in [1.165, 1.54) is 12.1 Å². The molecule has 0 saturated carbocycles. The van der Waals surface area contributed by atoms with E-state index in [1.54, 1.807) is 42.7 Å². The minimum Gasteiger partial charge on any atom is -0.486 e. The number of carbonyl (C=O) groups is 1. The summed E-state index contributed by atoms with van der Waals surface area (Å²) in [5.74, 6) is 0.774. The second-order valence-electron chi connectivity index (χ2n) is 10.6. The van der Waals surface area contributed by atoms with Crippen LogP contribution in [0.25, 0.3) is 0 Å². The molecule has 4 aromatic rings. The first kappa shape index (κ1) is 30.4. The average molecular weight is 613 g/mol. The summed E-state index contributed by atoms with van der Waals surface area (Å²) < 4.78 is 47.7. The van der Waals surface area contributed by atoms with Gasteiger partial charge in [0, 0.05) is 30.6 Å². The molecular weight excluding hydrogens is 581 g/mol. The van der Waals surface area contributed by atoms with Crippen molar-refractivity contribution < 1.29 is 22.7 Å². The van der Waals surface area contributed by atoms with Gasteiger partial charge in [0.25, 0.3) is 5.91 Å². The molecule has 1 amide bonds. The van der Waals surface area contributed by atoms with Crippen molar-refractivity contribution in [2.75, 3.05) is 25.5 Å². The summed E-state index contributed by atoms with van der Waals surface area (Å²) in [4.78, 5) is 19.5. The molecule has 1 unspecified atom stereocenters. The molecule has 5 rings (SSSR count). The minimum absolute atomic E-state index is 0.0843. The topological polar surface area (TPSA) is 84.3 Å². The molecule has 1 fully saturated rings. The molecule has 1 aliphatic rings. The summed E-state index contributed by atoms with van der Waals surface area (Å²) in [7, 11) is 2.13. The maximum atomic E-state index is 13.2. The Morgan fingerprint density at radius 1 is 1.14 bits per heavy atom. The van der Waals surface area contributed by atoms with E-state index < -0.39 is 23.8 Å². The van der Waals surface area contributed by atoms with E-state index in [1.807, 2.05) is 23.9 Å². The van der Waals surface area contributed by atoms with Gasteiger partial charge in [-0.25, -0.2) is 4.98 Å². The second kappa shape index (κ2) is 13.0. The smallest absolute Gasteiger partial charge is 0.417 e. The number of likely N-dealkylation sites (tertiary alicyclic amines) is 1. The van der Waals surface area contributed by atoms with Crippen LogP contribution in [0.1, 0.15) is 59.0 Å². The largest absolute Gasteiger partial charge is 0.486 e. The lowest BCUT2D eigenvalue weighted by Gasteiger charge is -2.28. The number of anilines is 2. The van der Waals surface area contributed by atoms with Gasteiger partial charge in [-0.1, -0.05) is 29.8 Å². The normalized spacial score (nSPS) is 15.2. The first-order valence-corrected chi connectivity index (χ1v) is 14.3. The second-order valence-corrected chi connectivity index (χ2v) is 11.0. The van der Waals surface area contributed by atoms with Crippen LogP contribution < -0.4 is 15.4 Å². The molecule has 0 bridgehead atoms. The summed E-state index contributed by atoms with van der Waals surface area (Å²) in [6.07, 6.45) is 2.57. The van der Waals surface area contributed by atoms with Gasteiger partial charge in [0.05, 0.1) is 28.5 Å². The molecule has 12 heteroatoms. The molecule has 0 aliphatic carbocycles. The van der Waals surface area contributed by atoms with Crippen LogP contribution in [0.15, 0.2) is 73.2 Å². The van der Waals surface area contributed by atoms with Gasteiger partial charge in [0.2, 0.25) is 0 Å². The van der Waals surface area contributed by atoms with Crippen LogP contribution in [0.2, 0.25) is 5.02 Å². The molecule has 2 aromatic carbocycles. The highest BCUT2D eigenvalue weighted by Gasteiger charge is 2.33. The van der Waals surface area contributed by atoms with Gasteiger partial charge in [-0.05, 0) is 81.4 Å². The maximum Gasteiger partial charge on any atom is 0.417 e. The van der Waals surface area contributed by atoms with Crippen LogP contribution >= 0.6 is 11.6 Å². The first-order chi connectivity index (χ1) is 20.5. The van der Waals surface area contributed by atoms with E-state index in [9.17, 15) is 18.0 Å². The Morgan fingerprint density at radius 3 is 2.70 bits per heavy atom. The summed E-state index contributed by atoms with van der Waals surface area (Å²) in [6.45, 7) is 3.88. The Kier molecular flexibility index (Phi) is 9.22. The lowest BCUT2D eigenvalue weighted by Crippen LogP contribution is -2.31. The number of pyridine rings is 1. The molecule has 226 valence electrons. The van der Waals surface area contributed by atoms with E-state index in [4.69, 9.17) is 16.3 Å².